The minimum Gasteiger partial charge on any atom is -0.370 e. The summed E-state index contributed by atoms with van der Waals surface area (Å²) in [7, 11) is 0. The second kappa shape index (κ2) is 6.82. The molecule has 1 unspecified atom stereocenters. The lowest BCUT2D eigenvalue weighted by Crippen LogP contribution is -2.36. The summed E-state index contributed by atoms with van der Waals surface area (Å²) >= 11 is 0. The van der Waals surface area contributed by atoms with E-state index >= 15 is 0 Å². The molecule has 0 aliphatic rings. The van der Waals surface area contributed by atoms with Gasteiger partial charge in [-0.15, -0.1) is 0 Å². The lowest BCUT2D eigenvalue weighted by atomic mass is 9.78. The van der Waals surface area contributed by atoms with Gasteiger partial charge in [-0.3, -0.25) is 0 Å². The Morgan fingerprint density at radius 3 is 2.45 bits per heavy atom. The van der Waals surface area contributed by atoms with Crippen LogP contribution in [-0.2, 0) is 10.3 Å². The van der Waals surface area contributed by atoms with E-state index in [-0.39, 0.29) is 5.60 Å². The monoisotopic (exact) mass is 302 g/mol. The summed E-state index contributed by atoms with van der Waals surface area (Å²) < 4.78 is 8.49. The molecule has 3 heteroatoms. The lowest BCUT2D eigenvalue weighted by molar-refractivity contribution is -0.0869. The van der Waals surface area contributed by atoms with Gasteiger partial charge in [0.15, 0.2) is 0 Å². The molecule has 0 radical (unpaired) electrons. The highest BCUT2D eigenvalue weighted by Crippen LogP contribution is 2.43. The van der Waals surface area contributed by atoms with Gasteiger partial charge in [0.1, 0.15) is 0 Å². The van der Waals surface area contributed by atoms with Gasteiger partial charge in [0.05, 0.1) is 16.8 Å². The average Bonchev–Trinajstić information content (AvgIpc) is 2.89. The van der Waals surface area contributed by atoms with Gasteiger partial charge in [-0.1, -0.05) is 47.6 Å². The quantitative estimate of drug-likeness (QED) is 0.707. The topological polar surface area (TPSA) is 26.5 Å². The molecule has 0 bridgehead atoms. The fraction of sp³-hybridized carbons (Fsp3) is 0.632. The Morgan fingerprint density at radius 2 is 1.91 bits per heavy atom. The predicted molar refractivity (Wildman–Crippen MR) is 92.3 cm³/mol. The summed E-state index contributed by atoms with van der Waals surface area (Å²) in [4.78, 5) is 0. The Morgan fingerprint density at radius 1 is 1.18 bits per heavy atom. The normalized spacial score (nSPS) is 14.9. The van der Waals surface area contributed by atoms with Crippen LogP contribution < -0.4 is 0 Å². The zero-order valence-corrected chi connectivity index (χ0v) is 14.9. The van der Waals surface area contributed by atoms with Crippen molar-refractivity contribution in [3.05, 3.63) is 35.7 Å². The SMILES string of the molecule is CCCOC(CC)(c1c(C(C)C)nn2ccccc12)C(C)C. The highest BCUT2D eigenvalue weighted by molar-refractivity contribution is 5.60. The molecule has 0 N–H and O–H groups in total. The Bertz CT molecular complexity index is 615. The van der Waals surface area contributed by atoms with Crippen molar-refractivity contribution in [1.29, 1.82) is 0 Å². The van der Waals surface area contributed by atoms with E-state index < -0.39 is 0 Å². The summed E-state index contributed by atoms with van der Waals surface area (Å²) in [6.45, 7) is 14.1. The first-order valence-electron chi connectivity index (χ1n) is 8.59. The van der Waals surface area contributed by atoms with E-state index in [1.165, 1.54) is 11.1 Å². The van der Waals surface area contributed by atoms with Crippen molar-refractivity contribution in [2.24, 2.45) is 5.92 Å². The molecule has 0 fully saturated rings. The first-order chi connectivity index (χ1) is 10.5. The number of aromatic nitrogens is 2. The van der Waals surface area contributed by atoms with Crippen LogP contribution in [0.1, 0.15) is 71.6 Å². The molecule has 2 aromatic rings. The highest BCUT2D eigenvalue weighted by Gasteiger charge is 2.40. The third-order valence-electron chi connectivity index (χ3n) is 4.56. The van der Waals surface area contributed by atoms with Crippen LogP contribution in [0, 0.1) is 5.92 Å². The van der Waals surface area contributed by atoms with Crippen LogP contribution in [0.15, 0.2) is 24.4 Å². The summed E-state index contributed by atoms with van der Waals surface area (Å²) in [5, 5.41) is 4.85. The first-order valence-corrected chi connectivity index (χ1v) is 8.59. The Hall–Kier alpha value is -1.35. The van der Waals surface area contributed by atoms with Crippen LogP contribution in [0.4, 0.5) is 0 Å². The molecule has 0 aliphatic heterocycles. The molecular weight excluding hydrogens is 272 g/mol. The maximum absolute atomic E-state index is 6.48. The van der Waals surface area contributed by atoms with Gasteiger partial charge in [-0.2, -0.15) is 5.10 Å². The summed E-state index contributed by atoms with van der Waals surface area (Å²) in [5.41, 5.74) is 3.36. The van der Waals surface area contributed by atoms with Gasteiger partial charge in [-0.05, 0) is 36.8 Å². The number of pyridine rings is 1. The molecule has 1 atom stereocenters. The molecule has 3 nitrogen and oxygen atoms in total. The molecule has 0 saturated carbocycles. The Labute approximate surface area is 134 Å². The number of fused-ring (bicyclic) bond motifs is 1. The van der Waals surface area contributed by atoms with Gasteiger partial charge in [0.2, 0.25) is 0 Å². The van der Waals surface area contributed by atoms with Crippen LogP contribution in [0.2, 0.25) is 0 Å². The van der Waals surface area contributed by atoms with Crippen molar-refractivity contribution < 1.29 is 4.74 Å². The largest absolute Gasteiger partial charge is 0.370 e. The fourth-order valence-electron chi connectivity index (χ4n) is 3.35. The average molecular weight is 302 g/mol. The molecule has 2 aromatic heterocycles. The molecule has 122 valence electrons. The minimum atomic E-state index is -0.265. The summed E-state index contributed by atoms with van der Waals surface area (Å²) in [6, 6.07) is 6.28. The molecule has 22 heavy (non-hydrogen) atoms. The van der Waals surface area contributed by atoms with Gasteiger partial charge in [0.25, 0.3) is 0 Å². The molecule has 2 heterocycles. The van der Waals surface area contributed by atoms with Crippen LogP contribution in [0.3, 0.4) is 0 Å². The smallest absolute Gasteiger partial charge is 0.0990 e. The third kappa shape index (κ3) is 2.79. The van der Waals surface area contributed by atoms with Crippen LogP contribution in [0.25, 0.3) is 5.52 Å². The number of hydrogen-bond donors (Lipinski definition) is 0. The minimum absolute atomic E-state index is 0.265. The van der Waals surface area contributed by atoms with Crippen molar-refractivity contribution in [1.82, 2.24) is 9.61 Å². The van der Waals surface area contributed by atoms with Gasteiger partial charge < -0.3 is 4.74 Å². The first kappa shape index (κ1) is 17.0. The van der Waals surface area contributed by atoms with E-state index in [0.717, 1.165) is 25.1 Å². The zero-order chi connectivity index (χ0) is 16.3. The van der Waals surface area contributed by atoms with Crippen molar-refractivity contribution in [2.75, 3.05) is 6.61 Å². The Kier molecular flexibility index (Phi) is 5.28. The van der Waals surface area contributed by atoms with Crippen molar-refractivity contribution in [3.8, 4) is 0 Å². The zero-order valence-electron chi connectivity index (χ0n) is 14.9. The standard InChI is InChI=1S/C19H30N2O/c1-7-13-22-19(8-2,15(5)6)17-16-11-9-10-12-21(16)20-18(17)14(3)4/h9-12,14-15H,7-8,13H2,1-6H3. The van der Waals surface area contributed by atoms with Crippen LogP contribution >= 0.6 is 0 Å². The van der Waals surface area contributed by atoms with E-state index in [4.69, 9.17) is 9.84 Å². The number of hydrogen-bond acceptors (Lipinski definition) is 2. The lowest BCUT2D eigenvalue weighted by Gasteiger charge is -2.38. The number of nitrogens with zero attached hydrogens (tertiary/aromatic N) is 2. The second-order valence-electron chi connectivity index (χ2n) is 6.69. The molecule has 2 rings (SSSR count). The molecule has 0 amide bonds. The van der Waals surface area contributed by atoms with Gasteiger partial charge in [-0.25, -0.2) is 4.52 Å². The van der Waals surface area contributed by atoms with Crippen molar-refractivity contribution in [2.45, 2.75) is 65.9 Å². The highest BCUT2D eigenvalue weighted by atomic mass is 16.5. The molecule has 0 saturated heterocycles. The van der Waals surface area contributed by atoms with Crippen molar-refractivity contribution >= 4 is 5.52 Å². The predicted octanol–water partition coefficient (Wildman–Crippen LogP) is 5.15. The van der Waals surface area contributed by atoms with E-state index in [2.05, 4.69) is 53.7 Å². The maximum Gasteiger partial charge on any atom is 0.0990 e. The summed E-state index contributed by atoms with van der Waals surface area (Å²) in [6.07, 6.45) is 4.02. The van der Waals surface area contributed by atoms with E-state index in [1.54, 1.807) is 0 Å². The summed E-state index contributed by atoms with van der Waals surface area (Å²) in [5.74, 6) is 0.777. The maximum atomic E-state index is 6.48. The van der Waals surface area contributed by atoms with E-state index in [9.17, 15) is 0 Å². The van der Waals surface area contributed by atoms with Crippen LogP contribution in [0.5, 0.6) is 0 Å². The fourth-order valence-corrected chi connectivity index (χ4v) is 3.35. The van der Waals surface area contributed by atoms with E-state index in [0.29, 0.717) is 11.8 Å². The molecule has 0 spiro atoms. The van der Waals surface area contributed by atoms with Gasteiger partial charge in [0, 0.05) is 18.4 Å². The second-order valence-corrected chi connectivity index (χ2v) is 6.69. The van der Waals surface area contributed by atoms with Gasteiger partial charge >= 0.3 is 0 Å². The van der Waals surface area contributed by atoms with E-state index in [1.807, 2.05) is 16.8 Å². The molecular formula is C19H30N2O. The Balaban J connectivity index is 2.73. The number of rotatable bonds is 7. The number of ether oxygens (including phenoxy) is 1. The van der Waals surface area contributed by atoms with Crippen molar-refractivity contribution in [3.63, 3.8) is 0 Å². The third-order valence-corrected chi connectivity index (χ3v) is 4.56. The van der Waals surface area contributed by atoms with Crippen LogP contribution in [-0.4, -0.2) is 16.2 Å². The molecule has 0 aromatic carbocycles. The molecule has 0 aliphatic carbocycles.